The van der Waals surface area contributed by atoms with Crippen molar-refractivity contribution in [3.05, 3.63) is 26.7 Å². The van der Waals surface area contributed by atoms with Crippen LogP contribution < -0.4 is 28.5 Å². The quantitative estimate of drug-likeness (QED) is 0.322. The van der Waals surface area contributed by atoms with E-state index in [9.17, 15) is 0 Å². The third-order valence-electron chi connectivity index (χ3n) is 2.66. The number of aryl methyl sites for hydroxylation is 3. The SMILES string of the molecule is CC[n+]1cc(C)c2c(c(I)cn2C)c1Cl.[I-]. The molecule has 0 radical (unpaired) electrons. The average molecular weight is 462 g/mol. The summed E-state index contributed by atoms with van der Waals surface area (Å²) in [5, 5.41) is 2.00. The second-order valence-corrected chi connectivity index (χ2v) is 5.22. The van der Waals surface area contributed by atoms with Crippen LogP contribution in [0.1, 0.15) is 12.5 Å². The molecule has 0 fully saturated rings. The van der Waals surface area contributed by atoms with Gasteiger partial charge in [0.25, 0.3) is 5.15 Å². The molecular weight excluding hydrogens is 449 g/mol. The molecule has 0 aliphatic rings. The van der Waals surface area contributed by atoms with Crippen LogP contribution in [0, 0.1) is 10.5 Å². The molecule has 2 rings (SSSR count). The molecule has 0 N–H and O–H groups in total. The Morgan fingerprint density at radius 1 is 1.50 bits per heavy atom. The number of hydrogen-bond donors (Lipinski definition) is 0. The molecule has 0 unspecified atom stereocenters. The van der Waals surface area contributed by atoms with E-state index in [-0.39, 0.29) is 24.0 Å². The van der Waals surface area contributed by atoms with E-state index in [0.29, 0.717) is 0 Å². The highest BCUT2D eigenvalue weighted by molar-refractivity contribution is 14.1. The maximum absolute atomic E-state index is 6.38. The molecule has 2 heterocycles. The first-order valence-electron chi connectivity index (χ1n) is 4.89. The smallest absolute Gasteiger partial charge is 0.285 e. The normalized spacial score (nSPS) is 10.6. The van der Waals surface area contributed by atoms with Crippen molar-refractivity contribution in [1.29, 1.82) is 0 Å². The Hall–Kier alpha value is 0.440. The average Bonchev–Trinajstić information content (AvgIpc) is 2.48. The zero-order valence-electron chi connectivity index (χ0n) is 9.39. The van der Waals surface area contributed by atoms with Gasteiger partial charge in [0, 0.05) is 22.4 Å². The van der Waals surface area contributed by atoms with Gasteiger partial charge in [-0.1, -0.05) is 0 Å². The van der Waals surface area contributed by atoms with E-state index in [1.807, 2.05) is 0 Å². The minimum absolute atomic E-state index is 0. The van der Waals surface area contributed by atoms with Gasteiger partial charge in [0.2, 0.25) is 0 Å². The fraction of sp³-hybridized carbons (Fsp3) is 0.364. The third kappa shape index (κ3) is 2.20. The minimum atomic E-state index is 0. The lowest BCUT2D eigenvalue weighted by Gasteiger charge is -2.02. The molecule has 0 bridgehead atoms. The summed E-state index contributed by atoms with van der Waals surface area (Å²) < 4.78 is 5.43. The lowest BCUT2D eigenvalue weighted by molar-refractivity contribution is -0.690. The van der Waals surface area contributed by atoms with Crippen molar-refractivity contribution in [2.75, 3.05) is 0 Å². The molecule has 5 heteroatoms. The number of fused-ring (bicyclic) bond motifs is 1. The van der Waals surface area contributed by atoms with E-state index in [1.165, 1.54) is 20.0 Å². The molecule has 0 aromatic carbocycles. The first-order valence-corrected chi connectivity index (χ1v) is 6.35. The predicted molar refractivity (Wildman–Crippen MR) is 71.3 cm³/mol. The first kappa shape index (κ1) is 14.5. The van der Waals surface area contributed by atoms with Gasteiger partial charge in [-0.3, -0.25) is 0 Å². The second kappa shape index (κ2) is 5.39. The van der Waals surface area contributed by atoms with E-state index in [2.05, 4.69) is 65.0 Å². The van der Waals surface area contributed by atoms with E-state index < -0.39 is 0 Å². The van der Waals surface area contributed by atoms with Gasteiger partial charge in [-0.15, -0.1) is 0 Å². The number of pyridine rings is 1. The summed E-state index contributed by atoms with van der Waals surface area (Å²) in [5.41, 5.74) is 2.50. The maximum atomic E-state index is 6.38. The highest BCUT2D eigenvalue weighted by atomic mass is 127. The first-order chi connectivity index (χ1) is 7.06. The topological polar surface area (TPSA) is 8.81 Å². The monoisotopic (exact) mass is 462 g/mol. The highest BCUT2D eigenvalue weighted by Crippen LogP contribution is 2.28. The van der Waals surface area contributed by atoms with Crippen LogP contribution in [0.15, 0.2) is 12.4 Å². The molecular formula is C11H13ClI2N2. The van der Waals surface area contributed by atoms with Crippen LogP contribution in [0.2, 0.25) is 5.15 Å². The van der Waals surface area contributed by atoms with Crippen molar-refractivity contribution < 1.29 is 28.5 Å². The van der Waals surface area contributed by atoms with Crippen LogP contribution in [0.4, 0.5) is 0 Å². The van der Waals surface area contributed by atoms with Gasteiger partial charge in [0.15, 0.2) is 6.20 Å². The van der Waals surface area contributed by atoms with Crippen molar-refractivity contribution >= 4 is 45.1 Å². The van der Waals surface area contributed by atoms with E-state index >= 15 is 0 Å². The molecule has 0 atom stereocenters. The largest absolute Gasteiger partial charge is 1.00 e. The molecule has 0 spiro atoms. The van der Waals surface area contributed by atoms with Crippen molar-refractivity contribution in [2.24, 2.45) is 7.05 Å². The Bertz CT molecular complexity index is 534. The van der Waals surface area contributed by atoms with Crippen LogP contribution in [0.3, 0.4) is 0 Å². The minimum Gasteiger partial charge on any atom is -1.00 e. The molecule has 0 saturated heterocycles. The molecule has 16 heavy (non-hydrogen) atoms. The van der Waals surface area contributed by atoms with Crippen molar-refractivity contribution in [3.8, 4) is 0 Å². The number of nitrogens with zero attached hydrogens (tertiary/aromatic N) is 2. The highest BCUT2D eigenvalue weighted by Gasteiger charge is 2.19. The number of aromatic nitrogens is 2. The van der Waals surface area contributed by atoms with Crippen molar-refractivity contribution in [3.63, 3.8) is 0 Å². The molecule has 2 aromatic heterocycles. The second-order valence-electron chi connectivity index (χ2n) is 3.70. The summed E-state index contributed by atoms with van der Waals surface area (Å²) in [4.78, 5) is 0. The number of hydrogen-bond acceptors (Lipinski definition) is 0. The Balaban J connectivity index is 0.00000128. The van der Waals surface area contributed by atoms with Crippen LogP contribution >= 0.6 is 34.2 Å². The van der Waals surface area contributed by atoms with Crippen LogP contribution in [-0.2, 0) is 13.6 Å². The number of rotatable bonds is 1. The zero-order chi connectivity index (χ0) is 11.2. The van der Waals surface area contributed by atoms with Gasteiger partial charge in [0.1, 0.15) is 6.54 Å². The Morgan fingerprint density at radius 2 is 2.12 bits per heavy atom. The Morgan fingerprint density at radius 3 is 2.69 bits per heavy atom. The Labute approximate surface area is 131 Å². The Kier molecular flexibility index (Phi) is 4.88. The third-order valence-corrected chi connectivity index (χ3v) is 3.88. The molecule has 0 saturated carbocycles. The predicted octanol–water partition coefficient (Wildman–Crippen LogP) is 0.0561. The van der Waals surface area contributed by atoms with E-state index in [4.69, 9.17) is 11.6 Å². The fourth-order valence-corrected chi connectivity index (χ4v) is 3.43. The van der Waals surface area contributed by atoms with Gasteiger partial charge >= 0.3 is 0 Å². The van der Waals surface area contributed by atoms with Crippen LogP contribution in [-0.4, -0.2) is 4.57 Å². The lowest BCUT2D eigenvalue weighted by atomic mass is 10.2. The fourth-order valence-electron chi connectivity index (χ4n) is 1.99. The molecule has 0 amide bonds. The molecule has 2 nitrogen and oxygen atoms in total. The van der Waals surface area contributed by atoms with Gasteiger partial charge in [-0.05, 0) is 48.0 Å². The molecule has 0 aliphatic heterocycles. The van der Waals surface area contributed by atoms with Gasteiger partial charge in [-0.25, -0.2) is 0 Å². The lowest BCUT2D eigenvalue weighted by Crippen LogP contribution is -3.00. The summed E-state index contributed by atoms with van der Waals surface area (Å²) >= 11 is 8.71. The van der Waals surface area contributed by atoms with Crippen LogP contribution in [0.5, 0.6) is 0 Å². The number of halogens is 3. The summed E-state index contributed by atoms with van der Waals surface area (Å²) in [7, 11) is 2.06. The zero-order valence-corrected chi connectivity index (χ0v) is 14.5. The van der Waals surface area contributed by atoms with Crippen molar-refractivity contribution in [1.82, 2.24) is 4.57 Å². The van der Waals surface area contributed by atoms with Crippen LogP contribution in [0.25, 0.3) is 10.9 Å². The van der Waals surface area contributed by atoms with E-state index in [0.717, 1.165) is 11.7 Å². The standard InChI is InChI=1S/C11H13ClIN2.HI/c1-4-15-5-7(2)10-9(11(15)12)8(13)6-14(10)3;/h5-6H,4H2,1-3H3;1H/q+1;/p-1. The van der Waals surface area contributed by atoms with Gasteiger partial charge < -0.3 is 28.5 Å². The van der Waals surface area contributed by atoms with E-state index in [1.54, 1.807) is 0 Å². The summed E-state index contributed by atoms with van der Waals surface area (Å²) in [6.45, 7) is 5.13. The molecule has 2 aromatic rings. The summed E-state index contributed by atoms with van der Waals surface area (Å²) in [6.07, 6.45) is 4.23. The molecule has 88 valence electrons. The summed E-state index contributed by atoms with van der Waals surface area (Å²) in [6, 6.07) is 0. The van der Waals surface area contributed by atoms with Gasteiger partial charge in [-0.2, -0.15) is 4.57 Å². The van der Waals surface area contributed by atoms with Crippen molar-refractivity contribution in [2.45, 2.75) is 20.4 Å². The summed E-state index contributed by atoms with van der Waals surface area (Å²) in [5.74, 6) is 0. The molecule has 0 aliphatic carbocycles. The maximum Gasteiger partial charge on any atom is 0.285 e. The van der Waals surface area contributed by atoms with Gasteiger partial charge in [0.05, 0.1) is 10.9 Å².